The topological polar surface area (TPSA) is 73.2 Å². The van der Waals surface area contributed by atoms with Crippen LogP contribution in [0.15, 0.2) is 0 Å². The van der Waals surface area contributed by atoms with Gasteiger partial charge >= 0.3 is 0 Å². The van der Waals surface area contributed by atoms with Gasteiger partial charge in [0.15, 0.2) is 0 Å². The maximum Gasteiger partial charge on any atom is 0.229 e. The quantitative estimate of drug-likeness (QED) is 0.774. The lowest BCUT2D eigenvalue weighted by atomic mass is 9.85. The third kappa shape index (κ3) is 2.85. The van der Waals surface area contributed by atoms with E-state index in [2.05, 4.69) is 11.4 Å². The van der Waals surface area contributed by atoms with E-state index in [-0.39, 0.29) is 23.8 Å². The van der Waals surface area contributed by atoms with Crippen molar-refractivity contribution < 1.29 is 9.59 Å². The van der Waals surface area contributed by atoms with Crippen LogP contribution < -0.4 is 5.32 Å². The van der Waals surface area contributed by atoms with E-state index in [0.717, 1.165) is 25.7 Å². The van der Waals surface area contributed by atoms with E-state index in [4.69, 9.17) is 0 Å². The maximum atomic E-state index is 11.6. The van der Waals surface area contributed by atoms with Crippen molar-refractivity contribution in [2.24, 2.45) is 5.92 Å². The van der Waals surface area contributed by atoms with Gasteiger partial charge in [-0.05, 0) is 39.0 Å². The van der Waals surface area contributed by atoms with Gasteiger partial charge in [0.05, 0.1) is 6.07 Å². The average Bonchev–Trinajstić information content (AvgIpc) is 2.92. The first-order valence-corrected chi connectivity index (χ1v) is 7.50. The lowest BCUT2D eigenvalue weighted by Crippen LogP contribution is -2.51. The number of imide groups is 1. The van der Waals surface area contributed by atoms with Crippen LogP contribution in [0.25, 0.3) is 0 Å². The van der Waals surface area contributed by atoms with Crippen LogP contribution in [-0.4, -0.2) is 34.8 Å². The summed E-state index contributed by atoms with van der Waals surface area (Å²) in [7, 11) is 0. The molecule has 1 heterocycles. The fourth-order valence-corrected chi connectivity index (χ4v) is 3.51. The summed E-state index contributed by atoms with van der Waals surface area (Å²) >= 11 is 0. The van der Waals surface area contributed by atoms with Crippen LogP contribution in [0, 0.1) is 17.2 Å². The van der Waals surface area contributed by atoms with Crippen LogP contribution in [0.3, 0.4) is 0 Å². The standard InChI is InChI=1S/C15H23N3O2/c1-11(2)17-15(10-16)8-3-4-12(15)7-9-18-13(19)5-6-14(18)20/h11-12,17H,3-9H2,1-2H3. The Morgan fingerprint density at radius 1 is 1.40 bits per heavy atom. The Kier molecular flexibility index (Phi) is 4.44. The number of hydrogen-bond donors (Lipinski definition) is 1. The summed E-state index contributed by atoms with van der Waals surface area (Å²) in [5, 5.41) is 13.0. The minimum absolute atomic E-state index is 0.0626. The first-order chi connectivity index (χ1) is 9.48. The molecule has 1 aliphatic carbocycles. The molecule has 0 radical (unpaired) electrons. The van der Waals surface area contributed by atoms with E-state index in [9.17, 15) is 14.9 Å². The highest BCUT2D eigenvalue weighted by atomic mass is 16.2. The highest BCUT2D eigenvalue weighted by Crippen LogP contribution is 2.38. The maximum absolute atomic E-state index is 11.6. The van der Waals surface area contributed by atoms with Gasteiger partial charge in [0.2, 0.25) is 11.8 Å². The highest BCUT2D eigenvalue weighted by Gasteiger charge is 2.43. The molecule has 2 rings (SSSR count). The number of carbonyl (C=O) groups excluding carboxylic acids is 2. The SMILES string of the molecule is CC(C)NC1(C#N)CCCC1CCN1C(=O)CCC1=O. The van der Waals surface area contributed by atoms with Gasteiger partial charge in [0.25, 0.3) is 0 Å². The van der Waals surface area contributed by atoms with Gasteiger partial charge in [0, 0.05) is 25.4 Å². The van der Waals surface area contributed by atoms with Gasteiger partial charge < -0.3 is 0 Å². The molecule has 1 N–H and O–H groups in total. The number of rotatable bonds is 5. The Balaban J connectivity index is 1.99. The first-order valence-electron chi connectivity index (χ1n) is 7.50. The number of nitriles is 1. The van der Waals surface area contributed by atoms with E-state index in [1.54, 1.807) is 0 Å². The van der Waals surface area contributed by atoms with Crippen LogP contribution in [0.5, 0.6) is 0 Å². The summed E-state index contributed by atoms with van der Waals surface area (Å²) in [5.74, 6) is 0.0934. The van der Waals surface area contributed by atoms with E-state index in [1.165, 1.54) is 4.90 Å². The fourth-order valence-electron chi connectivity index (χ4n) is 3.51. The molecular weight excluding hydrogens is 254 g/mol. The number of amides is 2. The highest BCUT2D eigenvalue weighted by molar-refractivity contribution is 6.01. The molecule has 2 amide bonds. The van der Waals surface area contributed by atoms with E-state index in [1.807, 2.05) is 13.8 Å². The Morgan fingerprint density at radius 2 is 2.05 bits per heavy atom. The van der Waals surface area contributed by atoms with Crippen LogP contribution in [0.1, 0.15) is 52.4 Å². The van der Waals surface area contributed by atoms with Gasteiger partial charge in [-0.25, -0.2) is 0 Å². The van der Waals surface area contributed by atoms with Crippen molar-refractivity contribution in [2.75, 3.05) is 6.54 Å². The Morgan fingerprint density at radius 3 is 2.60 bits per heavy atom. The average molecular weight is 277 g/mol. The first kappa shape index (κ1) is 15.0. The second-order valence-electron chi connectivity index (χ2n) is 6.20. The minimum atomic E-state index is -0.486. The van der Waals surface area contributed by atoms with E-state index < -0.39 is 5.54 Å². The second kappa shape index (κ2) is 5.92. The van der Waals surface area contributed by atoms with E-state index in [0.29, 0.717) is 19.4 Å². The summed E-state index contributed by atoms with van der Waals surface area (Å²) in [6.45, 7) is 4.55. The third-order valence-corrected chi connectivity index (χ3v) is 4.42. The molecule has 2 fully saturated rings. The predicted octanol–water partition coefficient (Wildman–Crippen LogP) is 1.59. The summed E-state index contributed by atoms with van der Waals surface area (Å²) in [6.07, 6.45) is 4.29. The van der Waals surface area contributed by atoms with E-state index >= 15 is 0 Å². The molecule has 0 aromatic rings. The molecule has 2 atom stereocenters. The molecule has 0 aromatic carbocycles. The van der Waals surface area contributed by atoms with Crippen molar-refractivity contribution in [3.8, 4) is 6.07 Å². The van der Waals surface area contributed by atoms with Crippen LogP contribution in [-0.2, 0) is 9.59 Å². The van der Waals surface area contributed by atoms with Gasteiger partial charge in [-0.3, -0.25) is 19.8 Å². The molecular formula is C15H23N3O2. The molecule has 110 valence electrons. The van der Waals surface area contributed by atoms with Gasteiger partial charge in [-0.2, -0.15) is 5.26 Å². The van der Waals surface area contributed by atoms with Crippen molar-refractivity contribution in [3.63, 3.8) is 0 Å². The summed E-state index contributed by atoms with van der Waals surface area (Å²) in [6, 6.07) is 2.71. The van der Waals surface area contributed by atoms with Crippen molar-refractivity contribution in [1.29, 1.82) is 5.26 Å². The number of hydrogen-bond acceptors (Lipinski definition) is 4. The summed E-state index contributed by atoms with van der Waals surface area (Å²) in [4.78, 5) is 24.6. The smallest absolute Gasteiger partial charge is 0.229 e. The largest absolute Gasteiger partial charge is 0.297 e. The summed E-state index contributed by atoms with van der Waals surface area (Å²) in [5.41, 5.74) is -0.486. The van der Waals surface area contributed by atoms with Crippen molar-refractivity contribution in [2.45, 2.75) is 64.0 Å². The molecule has 5 nitrogen and oxygen atoms in total. The zero-order valence-corrected chi connectivity index (χ0v) is 12.3. The van der Waals surface area contributed by atoms with Crippen molar-refractivity contribution in [3.05, 3.63) is 0 Å². The van der Waals surface area contributed by atoms with Crippen molar-refractivity contribution >= 4 is 11.8 Å². The normalized spacial score (nSPS) is 30.3. The number of nitrogens with zero attached hydrogens (tertiary/aromatic N) is 2. The number of nitrogens with one attached hydrogen (secondary N) is 1. The molecule has 1 saturated carbocycles. The molecule has 2 unspecified atom stereocenters. The zero-order chi connectivity index (χ0) is 14.8. The Bertz CT molecular complexity index is 425. The Labute approximate surface area is 120 Å². The van der Waals surface area contributed by atoms with Gasteiger partial charge in [-0.15, -0.1) is 0 Å². The monoisotopic (exact) mass is 277 g/mol. The minimum Gasteiger partial charge on any atom is -0.297 e. The zero-order valence-electron chi connectivity index (χ0n) is 12.3. The van der Waals surface area contributed by atoms with Gasteiger partial charge in [0.1, 0.15) is 5.54 Å². The van der Waals surface area contributed by atoms with Gasteiger partial charge in [-0.1, -0.05) is 6.42 Å². The second-order valence-corrected chi connectivity index (χ2v) is 6.20. The molecule has 1 saturated heterocycles. The summed E-state index contributed by atoms with van der Waals surface area (Å²) < 4.78 is 0. The van der Waals surface area contributed by atoms with Crippen molar-refractivity contribution in [1.82, 2.24) is 10.2 Å². The lowest BCUT2D eigenvalue weighted by molar-refractivity contribution is -0.138. The number of likely N-dealkylation sites (tertiary alicyclic amines) is 1. The van der Waals surface area contributed by atoms with Crippen LogP contribution in [0.4, 0.5) is 0 Å². The molecule has 1 aliphatic heterocycles. The fraction of sp³-hybridized carbons (Fsp3) is 0.800. The molecule has 0 spiro atoms. The predicted molar refractivity (Wildman–Crippen MR) is 74.5 cm³/mol. The number of carbonyl (C=O) groups is 2. The third-order valence-electron chi connectivity index (χ3n) is 4.42. The molecule has 0 bridgehead atoms. The molecule has 5 heteroatoms. The van der Waals surface area contributed by atoms with Crippen LogP contribution in [0.2, 0.25) is 0 Å². The lowest BCUT2D eigenvalue weighted by Gasteiger charge is -2.32. The van der Waals surface area contributed by atoms with Crippen LogP contribution >= 0.6 is 0 Å². The molecule has 0 aromatic heterocycles. The molecule has 2 aliphatic rings. The molecule has 20 heavy (non-hydrogen) atoms. The Hall–Kier alpha value is -1.41.